The van der Waals surface area contributed by atoms with Crippen LogP contribution in [0.5, 0.6) is 0 Å². The van der Waals surface area contributed by atoms with E-state index in [0.29, 0.717) is 17.6 Å². The normalized spacial score (nSPS) is 26.0. The number of piperazine rings is 1. The van der Waals surface area contributed by atoms with Crippen molar-refractivity contribution in [3.63, 3.8) is 0 Å². The van der Waals surface area contributed by atoms with E-state index in [9.17, 15) is 9.18 Å². The Kier molecular flexibility index (Phi) is 5.51. The van der Waals surface area contributed by atoms with Crippen LogP contribution in [0.15, 0.2) is 24.3 Å². The first kappa shape index (κ1) is 17.4. The molecule has 132 valence electrons. The highest BCUT2D eigenvalue weighted by molar-refractivity contribution is 5.94. The van der Waals surface area contributed by atoms with Crippen LogP contribution in [0.2, 0.25) is 0 Å². The van der Waals surface area contributed by atoms with Crippen LogP contribution >= 0.6 is 0 Å². The molecule has 0 aromatic heterocycles. The van der Waals surface area contributed by atoms with Crippen molar-refractivity contribution in [3.8, 4) is 0 Å². The summed E-state index contributed by atoms with van der Waals surface area (Å²) in [6, 6.07) is 7.36. The number of carbonyl (C=O) groups excluding carboxylic acids is 1. The minimum absolute atomic E-state index is 0.0593. The maximum Gasteiger partial charge on any atom is 0.254 e. The Bertz CT molecular complexity index is 561. The minimum atomic E-state index is -0.353. The van der Waals surface area contributed by atoms with Gasteiger partial charge in [-0.2, -0.15) is 0 Å². The lowest BCUT2D eigenvalue weighted by molar-refractivity contribution is 0.0614. The lowest BCUT2D eigenvalue weighted by Gasteiger charge is -2.36. The number of nitrogens with zero attached hydrogens (tertiary/aromatic N) is 3. The number of carbonyl (C=O) groups is 1. The fraction of sp³-hybridized carbons (Fsp3) is 0.632. The topological polar surface area (TPSA) is 26.8 Å². The maximum absolute atomic E-state index is 13.3. The van der Waals surface area contributed by atoms with E-state index in [1.165, 1.54) is 25.0 Å². The molecule has 1 aromatic carbocycles. The van der Waals surface area contributed by atoms with Gasteiger partial charge in [0.05, 0.1) is 0 Å². The molecule has 2 fully saturated rings. The molecule has 0 aliphatic carbocycles. The Morgan fingerprint density at radius 3 is 2.38 bits per heavy atom. The van der Waals surface area contributed by atoms with Gasteiger partial charge in [-0.05, 0) is 44.9 Å². The van der Waals surface area contributed by atoms with Gasteiger partial charge in [-0.1, -0.05) is 6.07 Å². The number of rotatable bonds is 4. The van der Waals surface area contributed by atoms with Gasteiger partial charge in [-0.25, -0.2) is 4.39 Å². The first-order valence-corrected chi connectivity index (χ1v) is 9.07. The highest BCUT2D eigenvalue weighted by atomic mass is 19.1. The van der Waals surface area contributed by atoms with Gasteiger partial charge >= 0.3 is 0 Å². The van der Waals surface area contributed by atoms with Gasteiger partial charge in [-0.3, -0.25) is 14.6 Å². The zero-order valence-electron chi connectivity index (χ0n) is 14.7. The van der Waals surface area contributed by atoms with Crippen molar-refractivity contribution in [2.75, 3.05) is 39.3 Å². The van der Waals surface area contributed by atoms with E-state index < -0.39 is 0 Å². The first-order chi connectivity index (χ1) is 11.5. The van der Waals surface area contributed by atoms with Crippen LogP contribution in [0, 0.1) is 5.82 Å². The van der Waals surface area contributed by atoms with Crippen molar-refractivity contribution in [2.24, 2.45) is 0 Å². The molecule has 5 heteroatoms. The summed E-state index contributed by atoms with van der Waals surface area (Å²) >= 11 is 0. The van der Waals surface area contributed by atoms with E-state index in [2.05, 4.69) is 23.6 Å². The molecule has 2 aliphatic rings. The largest absolute Gasteiger partial charge is 0.336 e. The van der Waals surface area contributed by atoms with Gasteiger partial charge in [0.15, 0.2) is 0 Å². The van der Waals surface area contributed by atoms with Gasteiger partial charge < -0.3 is 4.90 Å². The molecule has 24 heavy (non-hydrogen) atoms. The van der Waals surface area contributed by atoms with Crippen molar-refractivity contribution in [1.29, 1.82) is 0 Å². The number of hydrogen-bond donors (Lipinski definition) is 0. The van der Waals surface area contributed by atoms with Crippen molar-refractivity contribution in [2.45, 2.75) is 38.8 Å². The standard InChI is InChI=1S/C19H28FN3O/c1-15-6-7-16(2)23(15)13-10-21-8-11-22(12-9-21)19(24)17-4-3-5-18(20)14-17/h3-5,14-16H,6-13H2,1-2H3/t15-,16-/m0/s1. The van der Waals surface area contributed by atoms with E-state index in [-0.39, 0.29) is 11.7 Å². The third-order valence-electron chi connectivity index (χ3n) is 5.54. The fourth-order valence-electron chi connectivity index (χ4n) is 3.92. The molecule has 2 heterocycles. The van der Waals surface area contributed by atoms with E-state index in [1.807, 2.05) is 4.90 Å². The van der Waals surface area contributed by atoms with Gasteiger partial charge in [0.25, 0.3) is 5.91 Å². The summed E-state index contributed by atoms with van der Waals surface area (Å²) in [6.07, 6.45) is 2.61. The van der Waals surface area contributed by atoms with E-state index in [4.69, 9.17) is 0 Å². The second-order valence-corrected chi connectivity index (χ2v) is 7.16. The van der Waals surface area contributed by atoms with Gasteiger partial charge in [0, 0.05) is 56.9 Å². The Morgan fingerprint density at radius 1 is 1.08 bits per heavy atom. The highest BCUT2D eigenvalue weighted by Crippen LogP contribution is 2.23. The second-order valence-electron chi connectivity index (χ2n) is 7.16. The second kappa shape index (κ2) is 7.62. The van der Waals surface area contributed by atoms with Crippen LogP contribution in [0.4, 0.5) is 4.39 Å². The smallest absolute Gasteiger partial charge is 0.254 e. The molecule has 3 rings (SSSR count). The van der Waals surface area contributed by atoms with E-state index >= 15 is 0 Å². The molecule has 2 aliphatic heterocycles. The Balaban J connectivity index is 1.46. The zero-order valence-corrected chi connectivity index (χ0v) is 14.7. The molecule has 2 atom stereocenters. The van der Waals surface area contributed by atoms with Crippen molar-refractivity contribution >= 4 is 5.91 Å². The van der Waals surface area contributed by atoms with Gasteiger partial charge in [-0.15, -0.1) is 0 Å². The SMILES string of the molecule is C[C@H]1CC[C@H](C)N1CCN1CCN(C(=O)c2cccc(F)c2)CC1. The quantitative estimate of drug-likeness (QED) is 0.847. The lowest BCUT2D eigenvalue weighted by atomic mass is 10.1. The number of hydrogen-bond acceptors (Lipinski definition) is 3. The summed E-state index contributed by atoms with van der Waals surface area (Å²) in [6.45, 7) is 10.1. The molecule has 0 radical (unpaired) electrons. The molecule has 2 saturated heterocycles. The Hall–Kier alpha value is -1.46. The summed E-state index contributed by atoms with van der Waals surface area (Å²) in [5.74, 6) is -0.413. The van der Waals surface area contributed by atoms with Crippen LogP contribution in [-0.2, 0) is 0 Å². The van der Waals surface area contributed by atoms with Crippen molar-refractivity contribution in [3.05, 3.63) is 35.6 Å². The lowest BCUT2D eigenvalue weighted by Crippen LogP contribution is -2.50. The molecule has 0 saturated carbocycles. The fourth-order valence-corrected chi connectivity index (χ4v) is 3.92. The zero-order chi connectivity index (χ0) is 17.1. The number of likely N-dealkylation sites (tertiary alicyclic amines) is 1. The van der Waals surface area contributed by atoms with Gasteiger partial charge in [0.2, 0.25) is 0 Å². The van der Waals surface area contributed by atoms with Crippen molar-refractivity contribution < 1.29 is 9.18 Å². The molecule has 0 spiro atoms. The van der Waals surface area contributed by atoms with Crippen LogP contribution in [0.25, 0.3) is 0 Å². The van der Waals surface area contributed by atoms with Crippen molar-refractivity contribution in [1.82, 2.24) is 14.7 Å². The maximum atomic E-state index is 13.3. The molecule has 0 N–H and O–H groups in total. The molecule has 1 aromatic rings. The molecular weight excluding hydrogens is 305 g/mol. The molecule has 0 bridgehead atoms. The molecular formula is C19H28FN3O. The molecule has 4 nitrogen and oxygen atoms in total. The summed E-state index contributed by atoms with van der Waals surface area (Å²) in [4.78, 5) is 19.3. The van der Waals surface area contributed by atoms with Crippen LogP contribution in [0.1, 0.15) is 37.0 Å². The Morgan fingerprint density at radius 2 is 1.75 bits per heavy atom. The first-order valence-electron chi connectivity index (χ1n) is 9.07. The summed E-state index contributed by atoms with van der Waals surface area (Å²) in [7, 11) is 0. The number of amides is 1. The predicted molar refractivity (Wildman–Crippen MR) is 93.6 cm³/mol. The third-order valence-corrected chi connectivity index (χ3v) is 5.54. The van der Waals surface area contributed by atoms with Crippen LogP contribution in [0.3, 0.4) is 0 Å². The summed E-state index contributed by atoms with van der Waals surface area (Å²) in [5, 5.41) is 0. The summed E-state index contributed by atoms with van der Waals surface area (Å²) in [5.41, 5.74) is 0.447. The average molecular weight is 333 g/mol. The summed E-state index contributed by atoms with van der Waals surface area (Å²) < 4.78 is 13.3. The number of halogens is 1. The average Bonchev–Trinajstić information content (AvgIpc) is 2.91. The molecule has 0 unspecified atom stereocenters. The Labute approximate surface area is 144 Å². The van der Waals surface area contributed by atoms with E-state index in [0.717, 1.165) is 39.3 Å². The minimum Gasteiger partial charge on any atom is -0.336 e. The van der Waals surface area contributed by atoms with Crippen LogP contribution < -0.4 is 0 Å². The van der Waals surface area contributed by atoms with Crippen LogP contribution in [-0.4, -0.2) is 72.0 Å². The van der Waals surface area contributed by atoms with Gasteiger partial charge in [0.1, 0.15) is 5.82 Å². The predicted octanol–water partition coefficient (Wildman–Crippen LogP) is 2.46. The highest BCUT2D eigenvalue weighted by Gasteiger charge is 2.28. The third kappa shape index (κ3) is 3.95. The number of benzene rings is 1. The van der Waals surface area contributed by atoms with E-state index in [1.54, 1.807) is 12.1 Å². The monoisotopic (exact) mass is 333 g/mol. The molecule has 1 amide bonds.